The molecule has 0 saturated carbocycles. The minimum atomic E-state index is -3.70. The summed E-state index contributed by atoms with van der Waals surface area (Å²) in [5.74, 6) is -0.453. The smallest absolute Gasteiger partial charge is 0.243 e. The van der Waals surface area contributed by atoms with Gasteiger partial charge in [0.2, 0.25) is 15.9 Å². The molecule has 24 heavy (non-hydrogen) atoms. The number of halogens is 1. The Balaban J connectivity index is 1.67. The SMILES string of the molecule is Cc1ccc(S(=O)(=O)N2CCC(C(=O)N3CCCC3)CC2)cc1F. The minimum absolute atomic E-state index is 0.0186. The van der Waals surface area contributed by atoms with Crippen LogP contribution in [-0.2, 0) is 14.8 Å². The molecule has 0 atom stereocenters. The monoisotopic (exact) mass is 354 g/mol. The van der Waals surface area contributed by atoms with E-state index in [-0.39, 0.29) is 16.7 Å². The van der Waals surface area contributed by atoms with Crippen molar-refractivity contribution in [3.05, 3.63) is 29.6 Å². The molecule has 1 aromatic rings. The summed E-state index contributed by atoms with van der Waals surface area (Å²) >= 11 is 0. The predicted molar refractivity (Wildman–Crippen MR) is 88.4 cm³/mol. The van der Waals surface area contributed by atoms with Gasteiger partial charge in [-0.3, -0.25) is 4.79 Å². The molecule has 2 aliphatic heterocycles. The van der Waals surface area contributed by atoms with Crippen molar-refractivity contribution in [2.75, 3.05) is 26.2 Å². The lowest BCUT2D eigenvalue weighted by Crippen LogP contribution is -2.43. The summed E-state index contributed by atoms with van der Waals surface area (Å²) in [6.07, 6.45) is 3.17. The minimum Gasteiger partial charge on any atom is -0.342 e. The average Bonchev–Trinajstić information content (AvgIpc) is 3.11. The van der Waals surface area contributed by atoms with Crippen LogP contribution in [0.5, 0.6) is 0 Å². The van der Waals surface area contributed by atoms with Gasteiger partial charge in [0.25, 0.3) is 0 Å². The Morgan fingerprint density at radius 3 is 2.33 bits per heavy atom. The number of rotatable bonds is 3. The quantitative estimate of drug-likeness (QED) is 0.836. The van der Waals surface area contributed by atoms with Crippen LogP contribution in [0.4, 0.5) is 4.39 Å². The second-order valence-electron chi connectivity index (χ2n) is 6.62. The molecule has 2 fully saturated rings. The molecule has 3 rings (SSSR count). The molecule has 2 saturated heterocycles. The van der Waals surface area contributed by atoms with Gasteiger partial charge < -0.3 is 4.90 Å². The lowest BCUT2D eigenvalue weighted by atomic mass is 9.97. The number of likely N-dealkylation sites (tertiary alicyclic amines) is 1. The molecule has 1 aromatic carbocycles. The zero-order chi connectivity index (χ0) is 17.3. The Kier molecular flexibility index (Phi) is 4.92. The third kappa shape index (κ3) is 3.32. The molecule has 7 heteroatoms. The molecule has 5 nitrogen and oxygen atoms in total. The van der Waals surface area contributed by atoms with Crippen LogP contribution in [0.1, 0.15) is 31.2 Å². The molecule has 0 aromatic heterocycles. The van der Waals surface area contributed by atoms with Gasteiger partial charge in [0.15, 0.2) is 0 Å². The zero-order valence-corrected chi connectivity index (χ0v) is 14.7. The van der Waals surface area contributed by atoms with Crippen LogP contribution in [0.2, 0.25) is 0 Å². The maximum atomic E-state index is 13.7. The van der Waals surface area contributed by atoms with Crippen LogP contribution >= 0.6 is 0 Å². The molecule has 2 aliphatic rings. The number of amides is 1. The second-order valence-corrected chi connectivity index (χ2v) is 8.56. The highest BCUT2D eigenvalue weighted by Gasteiger charge is 2.34. The average molecular weight is 354 g/mol. The lowest BCUT2D eigenvalue weighted by Gasteiger charge is -2.32. The number of carbonyl (C=O) groups is 1. The Morgan fingerprint density at radius 1 is 1.12 bits per heavy atom. The van der Waals surface area contributed by atoms with E-state index in [1.807, 2.05) is 4.90 Å². The van der Waals surface area contributed by atoms with E-state index in [4.69, 9.17) is 0 Å². The van der Waals surface area contributed by atoms with Gasteiger partial charge >= 0.3 is 0 Å². The van der Waals surface area contributed by atoms with Gasteiger partial charge in [-0.15, -0.1) is 0 Å². The number of aryl methyl sites for hydroxylation is 1. The molecule has 0 N–H and O–H groups in total. The fourth-order valence-electron chi connectivity index (χ4n) is 3.42. The van der Waals surface area contributed by atoms with Crippen molar-refractivity contribution < 1.29 is 17.6 Å². The normalized spacial score (nSPS) is 20.5. The summed E-state index contributed by atoms with van der Waals surface area (Å²) in [4.78, 5) is 14.3. The maximum absolute atomic E-state index is 13.7. The fraction of sp³-hybridized carbons (Fsp3) is 0.588. The maximum Gasteiger partial charge on any atom is 0.243 e. The third-order valence-corrected chi connectivity index (χ3v) is 6.90. The Morgan fingerprint density at radius 2 is 1.75 bits per heavy atom. The lowest BCUT2D eigenvalue weighted by molar-refractivity contribution is -0.135. The van der Waals surface area contributed by atoms with Crippen LogP contribution in [0, 0.1) is 18.7 Å². The molecular formula is C17H23FN2O3S. The standard InChI is InChI=1S/C17H23FN2O3S/c1-13-4-5-15(12-16(13)18)24(22,23)20-10-6-14(7-11-20)17(21)19-8-2-3-9-19/h4-5,12,14H,2-3,6-11H2,1H3. The van der Waals surface area contributed by atoms with Crippen LogP contribution in [0.15, 0.2) is 23.1 Å². The number of nitrogens with zero attached hydrogens (tertiary/aromatic N) is 2. The van der Waals surface area contributed by atoms with E-state index in [0.717, 1.165) is 32.0 Å². The molecular weight excluding hydrogens is 331 g/mol. The van der Waals surface area contributed by atoms with Crippen molar-refractivity contribution in [2.24, 2.45) is 5.92 Å². The molecule has 1 amide bonds. The molecule has 132 valence electrons. The van der Waals surface area contributed by atoms with Crippen molar-refractivity contribution in [2.45, 2.75) is 37.5 Å². The summed E-state index contributed by atoms with van der Waals surface area (Å²) in [6, 6.07) is 3.99. The molecule has 2 heterocycles. The van der Waals surface area contributed by atoms with E-state index in [0.29, 0.717) is 31.5 Å². The van der Waals surface area contributed by atoms with E-state index in [1.165, 1.54) is 16.4 Å². The first-order valence-electron chi connectivity index (χ1n) is 8.44. The Labute approximate surface area is 142 Å². The van der Waals surface area contributed by atoms with Gasteiger partial charge in [-0.2, -0.15) is 4.31 Å². The first-order chi connectivity index (χ1) is 11.4. The van der Waals surface area contributed by atoms with E-state index in [1.54, 1.807) is 6.92 Å². The highest BCUT2D eigenvalue weighted by atomic mass is 32.2. The summed E-state index contributed by atoms with van der Waals surface area (Å²) in [6.45, 7) is 3.85. The summed E-state index contributed by atoms with van der Waals surface area (Å²) in [7, 11) is -3.70. The number of hydrogen-bond donors (Lipinski definition) is 0. The van der Waals surface area contributed by atoms with E-state index in [9.17, 15) is 17.6 Å². The largest absolute Gasteiger partial charge is 0.342 e. The first-order valence-corrected chi connectivity index (χ1v) is 9.88. The van der Waals surface area contributed by atoms with Crippen LogP contribution in [-0.4, -0.2) is 49.7 Å². The van der Waals surface area contributed by atoms with Crippen molar-refractivity contribution >= 4 is 15.9 Å². The number of carbonyl (C=O) groups excluding carboxylic acids is 1. The fourth-order valence-corrected chi connectivity index (χ4v) is 4.90. The van der Waals surface area contributed by atoms with Gasteiger partial charge in [0, 0.05) is 32.1 Å². The van der Waals surface area contributed by atoms with E-state index in [2.05, 4.69) is 0 Å². The van der Waals surface area contributed by atoms with E-state index >= 15 is 0 Å². The van der Waals surface area contributed by atoms with Gasteiger partial charge in [0.05, 0.1) is 4.90 Å². The summed E-state index contributed by atoms with van der Waals surface area (Å²) in [5.41, 5.74) is 0.420. The van der Waals surface area contributed by atoms with Gasteiger partial charge in [-0.1, -0.05) is 6.07 Å². The predicted octanol–water partition coefficient (Wildman–Crippen LogP) is 2.16. The highest BCUT2D eigenvalue weighted by molar-refractivity contribution is 7.89. The van der Waals surface area contributed by atoms with Crippen molar-refractivity contribution in [1.82, 2.24) is 9.21 Å². The van der Waals surface area contributed by atoms with Crippen LogP contribution in [0.25, 0.3) is 0 Å². The Bertz CT molecular complexity index is 721. The molecule has 0 spiro atoms. The first kappa shape index (κ1) is 17.4. The second kappa shape index (κ2) is 6.80. The van der Waals surface area contributed by atoms with Crippen LogP contribution in [0.3, 0.4) is 0 Å². The van der Waals surface area contributed by atoms with Crippen LogP contribution < -0.4 is 0 Å². The topological polar surface area (TPSA) is 57.7 Å². The number of piperidine rings is 1. The molecule has 0 bridgehead atoms. The van der Waals surface area contributed by atoms with E-state index < -0.39 is 15.8 Å². The Hall–Kier alpha value is -1.47. The molecule has 0 unspecified atom stereocenters. The van der Waals surface area contributed by atoms with Crippen molar-refractivity contribution in [3.8, 4) is 0 Å². The highest BCUT2D eigenvalue weighted by Crippen LogP contribution is 2.26. The summed E-state index contributed by atoms with van der Waals surface area (Å²) in [5, 5.41) is 0. The number of hydrogen-bond acceptors (Lipinski definition) is 3. The van der Waals surface area contributed by atoms with Gasteiger partial charge in [-0.25, -0.2) is 12.8 Å². The third-order valence-electron chi connectivity index (χ3n) is 5.00. The van der Waals surface area contributed by atoms with Crippen molar-refractivity contribution in [3.63, 3.8) is 0 Å². The number of benzene rings is 1. The van der Waals surface area contributed by atoms with Crippen molar-refractivity contribution in [1.29, 1.82) is 0 Å². The zero-order valence-electron chi connectivity index (χ0n) is 13.9. The van der Waals surface area contributed by atoms with Gasteiger partial charge in [-0.05, 0) is 50.3 Å². The molecule has 0 aliphatic carbocycles. The molecule has 0 radical (unpaired) electrons. The summed E-state index contributed by atoms with van der Waals surface area (Å²) < 4.78 is 40.3. The number of sulfonamides is 1. The van der Waals surface area contributed by atoms with Gasteiger partial charge in [0.1, 0.15) is 5.82 Å².